The van der Waals surface area contributed by atoms with Gasteiger partial charge in [0, 0.05) is 17.0 Å². The van der Waals surface area contributed by atoms with Gasteiger partial charge in [-0.25, -0.2) is 0 Å². The fourth-order valence-corrected chi connectivity index (χ4v) is 2.41. The van der Waals surface area contributed by atoms with Gasteiger partial charge in [-0.3, -0.25) is 4.79 Å². The molecule has 0 bridgehead atoms. The molecule has 0 radical (unpaired) electrons. The largest absolute Gasteiger partial charge is 0.486 e. The quantitative estimate of drug-likeness (QED) is 0.843. The average molecular weight is 276 g/mol. The Kier molecular flexibility index (Phi) is 3.00. The fraction of sp³-hybridized carbons (Fsp3) is 0.154. The fourth-order valence-electron chi connectivity index (χ4n) is 1.79. The normalized spacial score (nSPS) is 13.4. The molecule has 19 heavy (non-hydrogen) atoms. The summed E-state index contributed by atoms with van der Waals surface area (Å²) in [5.74, 6) is 0.931. The lowest BCUT2D eigenvalue weighted by molar-refractivity contribution is -0.118. The summed E-state index contributed by atoms with van der Waals surface area (Å²) < 4.78 is 10.9. The van der Waals surface area contributed by atoms with Crippen LogP contribution in [0.1, 0.15) is 4.88 Å². The first kappa shape index (κ1) is 11.9. The molecule has 1 aliphatic rings. The second kappa shape index (κ2) is 4.81. The van der Waals surface area contributed by atoms with Crippen LogP contribution in [0.3, 0.4) is 0 Å². The molecule has 3 rings (SSSR count). The molecule has 0 aliphatic carbocycles. The highest BCUT2D eigenvalue weighted by molar-refractivity contribution is 7.09. The van der Waals surface area contributed by atoms with E-state index in [2.05, 4.69) is 5.32 Å². The van der Waals surface area contributed by atoms with Gasteiger partial charge in [-0.1, -0.05) is 6.07 Å². The smallest absolute Gasteiger partial charge is 0.262 e. The van der Waals surface area contributed by atoms with Crippen molar-refractivity contribution in [1.82, 2.24) is 0 Å². The minimum atomic E-state index is -0.179. The third-order valence-corrected chi connectivity index (χ3v) is 3.54. The highest BCUT2D eigenvalue weighted by Gasteiger charge is 2.18. The van der Waals surface area contributed by atoms with Crippen LogP contribution in [0, 0.1) is 0 Å². The van der Waals surface area contributed by atoms with Crippen molar-refractivity contribution >= 4 is 28.6 Å². The maximum atomic E-state index is 11.3. The zero-order valence-corrected chi connectivity index (χ0v) is 10.8. The van der Waals surface area contributed by atoms with Crippen molar-refractivity contribution in [3.63, 3.8) is 0 Å². The van der Waals surface area contributed by atoms with E-state index in [9.17, 15) is 4.79 Å². The van der Waals surface area contributed by atoms with Crippen molar-refractivity contribution in [2.45, 2.75) is 6.61 Å². The van der Waals surface area contributed by atoms with Crippen molar-refractivity contribution in [1.29, 1.82) is 0 Å². The number of carbonyl (C=O) groups is 1. The number of hydrogen-bond donors (Lipinski definition) is 2. The number of nitrogens with two attached hydrogens (primary N) is 1. The highest BCUT2D eigenvalue weighted by atomic mass is 32.1. The molecule has 0 unspecified atom stereocenters. The van der Waals surface area contributed by atoms with Crippen LogP contribution >= 0.6 is 11.3 Å². The summed E-state index contributed by atoms with van der Waals surface area (Å²) in [7, 11) is 0. The molecule has 2 aromatic rings. The third kappa shape index (κ3) is 2.48. The lowest BCUT2D eigenvalue weighted by Crippen LogP contribution is -2.25. The van der Waals surface area contributed by atoms with E-state index in [0.29, 0.717) is 29.5 Å². The lowest BCUT2D eigenvalue weighted by Gasteiger charge is -2.19. The van der Waals surface area contributed by atoms with Gasteiger partial charge in [-0.2, -0.15) is 0 Å². The SMILES string of the molecule is Nc1cc2c(cc1OCc1cccs1)NC(=O)CO2. The summed E-state index contributed by atoms with van der Waals surface area (Å²) in [6.07, 6.45) is 0. The Labute approximate surface area is 113 Å². The predicted molar refractivity (Wildman–Crippen MR) is 73.6 cm³/mol. The van der Waals surface area contributed by atoms with Crippen LogP contribution in [0.15, 0.2) is 29.6 Å². The molecule has 0 saturated carbocycles. The van der Waals surface area contributed by atoms with Gasteiger partial charge in [0.2, 0.25) is 0 Å². The Morgan fingerprint density at radius 1 is 1.47 bits per heavy atom. The van der Waals surface area contributed by atoms with E-state index in [1.54, 1.807) is 23.5 Å². The van der Waals surface area contributed by atoms with Crippen molar-refractivity contribution in [3.8, 4) is 11.5 Å². The van der Waals surface area contributed by atoms with Gasteiger partial charge in [0.15, 0.2) is 6.61 Å². The topological polar surface area (TPSA) is 73.6 Å². The van der Waals surface area contributed by atoms with Gasteiger partial charge < -0.3 is 20.5 Å². The Morgan fingerprint density at radius 2 is 2.37 bits per heavy atom. The molecule has 0 fully saturated rings. The minimum Gasteiger partial charge on any atom is -0.486 e. The zero-order chi connectivity index (χ0) is 13.2. The number of carbonyl (C=O) groups excluding carboxylic acids is 1. The van der Waals surface area contributed by atoms with Gasteiger partial charge in [0.25, 0.3) is 5.91 Å². The molecule has 3 N–H and O–H groups in total. The van der Waals surface area contributed by atoms with E-state index in [1.807, 2.05) is 17.5 Å². The minimum absolute atomic E-state index is 0.0157. The van der Waals surface area contributed by atoms with Crippen LogP contribution < -0.4 is 20.5 Å². The Hall–Kier alpha value is -2.21. The predicted octanol–water partition coefficient (Wildman–Crippen LogP) is 2.24. The standard InChI is InChI=1S/C13H12N2O3S/c14-9-4-12-10(15-13(16)7-18-12)5-11(9)17-6-8-2-1-3-19-8/h1-5H,6-7,14H2,(H,15,16). The molecule has 2 heterocycles. The number of anilines is 2. The summed E-state index contributed by atoms with van der Waals surface area (Å²) >= 11 is 1.62. The van der Waals surface area contributed by atoms with E-state index in [1.165, 1.54) is 0 Å². The van der Waals surface area contributed by atoms with Gasteiger partial charge in [0.05, 0.1) is 11.4 Å². The Balaban J connectivity index is 1.81. The Morgan fingerprint density at radius 3 is 3.16 bits per heavy atom. The number of amides is 1. The molecule has 98 valence electrons. The van der Waals surface area contributed by atoms with Gasteiger partial charge in [-0.15, -0.1) is 11.3 Å². The number of hydrogen-bond acceptors (Lipinski definition) is 5. The van der Waals surface area contributed by atoms with Crippen molar-refractivity contribution in [2.75, 3.05) is 17.7 Å². The summed E-state index contributed by atoms with van der Waals surface area (Å²) in [6.45, 7) is 0.470. The first-order chi connectivity index (χ1) is 9.22. The molecular weight excluding hydrogens is 264 g/mol. The molecule has 1 aliphatic heterocycles. The van der Waals surface area contributed by atoms with Crippen LogP contribution in [0.25, 0.3) is 0 Å². The van der Waals surface area contributed by atoms with Crippen molar-refractivity contribution < 1.29 is 14.3 Å². The van der Waals surface area contributed by atoms with Gasteiger partial charge in [0.1, 0.15) is 18.1 Å². The second-order valence-electron chi connectivity index (χ2n) is 4.09. The number of thiophene rings is 1. The molecule has 1 amide bonds. The molecule has 5 nitrogen and oxygen atoms in total. The monoisotopic (exact) mass is 276 g/mol. The number of benzene rings is 1. The summed E-state index contributed by atoms with van der Waals surface area (Å²) in [6, 6.07) is 7.31. The summed E-state index contributed by atoms with van der Waals surface area (Å²) in [5.41, 5.74) is 6.99. The van der Waals surface area contributed by atoms with Gasteiger partial charge in [-0.05, 0) is 11.4 Å². The van der Waals surface area contributed by atoms with E-state index in [4.69, 9.17) is 15.2 Å². The zero-order valence-electron chi connectivity index (χ0n) is 10.0. The van der Waals surface area contributed by atoms with Crippen molar-refractivity contribution in [2.24, 2.45) is 0 Å². The number of nitrogens with one attached hydrogen (secondary N) is 1. The molecule has 1 aromatic heterocycles. The molecule has 6 heteroatoms. The maximum absolute atomic E-state index is 11.3. The number of rotatable bonds is 3. The first-order valence-corrected chi connectivity index (χ1v) is 6.62. The van der Waals surface area contributed by atoms with Crippen LogP contribution in [0.4, 0.5) is 11.4 Å². The molecule has 0 spiro atoms. The third-order valence-electron chi connectivity index (χ3n) is 2.69. The van der Waals surface area contributed by atoms with Crippen LogP contribution in [-0.2, 0) is 11.4 Å². The molecule has 0 saturated heterocycles. The second-order valence-corrected chi connectivity index (χ2v) is 5.12. The molecular formula is C13H12N2O3S. The van der Waals surface area contributed by atoms with Crippen LogP contribution in [-0.4, -0.2) is 12.5 Å². The van der Waals surface area contributed by atoms with Crippen LogP contribution in [0.2, 0.25) is 0 Å². The van der Waals surface area contributed by atoms with E-state index < -0.39 is 0 Å². The maximum Gasteiger partial charge on any atom is 0.262 e. The van der Waals surface area contributed by atoms with Crippen LogP contribution in [0.5, 0.6) is 11.5 Å². The summed E-state index contributed by atoms with van der Waals surface area (Å²) in [4.78, 5) is 12.4. The number of nitrogen functional groups attached to an aromatic ring is 1. The van der Waals surface area contributed by atoms with E-state index in [-0.39, 0.29) is 12.5 Å². The number of ether oxygens (including phenoxy) is 2. The van der Waals surface area contributed by atoms with Crippen molar-refractivity contribution in [3.05, 3.63) is 34.5 Å². The lowest BCUT2D eigenvalue weighted by atomic mass is 10.2. The Bertz CT molecular complexity index is 611. The average Bonchev–Trinajstić information content (AvgIpc) is 2.90. The number of fused-ring (bicyclic) bond motifs is 1. The first-order valence-electron chi connectivity index (χ1n) is 5.74. The van der Waals surface area contributed by atoms with E-state index >= 15 is 0 Å². The molecule has 0 atom stereocenters. The van der Waals surface area contributed by atoms with E-state index in [0.717, 1.165) is 4.88 Å². The molecule has 1 aromatic carbocycles. The summed E-state index contributed by atoms with van der Waals surface area (Å²) in [5, 5.41) is 4.71. The highest BCUT2D eigenvalue weighted by Crippen LogP contribution is 2.36. The van der Waals surface area contributed by atoms with Gasteiger partial charge >= 0.3 is 0 Å².